The van der Waals surface area contributed by atoms with Crippen molar-refractivity contribution in [1.29, 1.82) is 0 Å². The number of hydrogen-bond acceptors (Lipinski definition) is 7. The summed E-state index contributed by atoms with van der Waals surface area (Å²) in [5.41, 5.74) is 3.28. The molecular weight excluding hydrogens is 490 g/mol. The number of unbranched alkanes of at least 4 members (excludes halogenated alkanes) is 3. The van der Waals surface area contributed by atoms with Gasteiger partial charge < -0.3 is 28.8 Å². The van der Waals surface area contributed by atoms with E-state index in [-0.39, 0.29) is 11.8 Å². The average molecular weight is 528 g/mol. The third kappa shape index (κ3) is 7.79. The van der Waals surface area contributed by atoms with Gasteiger partial charge in [-0.25, -0.2) is 5.48 Å². The van der Waals surface area contributed by atoms with Gasteiger partial charge in [-0.1, -0.05) is 12.8 Å². The smallest absolute Gasteiger partial charge is 0.243 e. The summed E-state index contributed by atoms with van der Waals surface area (Å²) in [7, 11) is 4.82. The highest BCUT2D eigenvalue weighted by atomic mass is 16.5. The predicted molar refractivity (Wildman–Crippen MR) is 144 cm³/mol. The minimum absolute atomic E-state index is 0.0459. The molecule has 10 heteroatoms. The van der Waals surface area contributed by atoms with Crippen molar-refractivity contribution in [2.75, 3.05) is 33.3 Å². The van der Waals surface area contributed by atoms with Crippen molar-refractivity contribution < 1.29 is 33.7 Å². The van der Waals surface area contributed by atoms with Crippen LogP contribution in [0.3, 0.4) is 0 Å². The maximum Gasteiger partial charge on any atom is 0.243 e. The molecule has 0 aliphatic heterocycles. The summed E-state index contributed by atoms with van der Waals surface area (Å²) in [5.74, 6) is 2.13. The fraction of sp³-hybridized carbons (Fsp3) is 0.429. The highest BCUT2D eigenvalue weighted by molar-refractivity contribution is 5.91. The van der Waals surface area contributed by atoms with Crippen LogP contribution in [0.1, 0.15) is 44.9 Å². The third-order valence-corrected chi connectivity index (χ3v) is 6.19. The van der Waals surface area contributed by atoms with Crippen LogP contribution >= 0.6 is 0 Å². The maximum atomic E-state index is 12.2. The van der Waals surface area contributed by atoms with Crippen LogP contribution in [0.25, 0.3) is 10.9 Å². The number of ether oxygens (including phenoxy) is 4. The number of amides is 2. The molecule has 10 nitrogen and oxygen atoms in total. The zero-order valence-electron chi connectivity index (χ0n) is 22.2. The van der Waals surface area contributed by atoms with E-state index in [9.17, 15) is 9.59 Å². The number of carbonyl (C=O) groups is 2. The minimum atomic E-state index is -0.382. The summed E-state index contributed by atoms with van der Waals surface area (Å²) in [6, 6.07) is 11.3. The van der Waals surface area contributed by atoms with Crippen molar-refractivity contribution in [2.24, 2.45) is 0 Å². The van der Waals surface area contributed by atoms with Crippen LogP contribution in [0.5, 0.6) is 23.0 Å². The Morgan fingerprint density at radius 3 is 2.16 bits per heavy atom. The first-order valence-corrected chi connectivity index (χ1v) is 12.7. The standard InChI is InChI=1S/C28H37N3O7/c1-35-23-19-20-15-17-31(26(20)28(37-3)27(23)36-2)16-8-18-38-22-13-11-21(12-14-22)29-24(32)9-6-4-5-7-10-25(33)30-34/h11-15,17,19,34H,4-10,16,18H2,1-3H3,(H,29,32)(H,30,33). The molecule has 2 aromatic carbocycles. The minimum Gasteiger partial charge on any atom is -0.494 e. The molecule has 2 amide bonds. The van der Waals surface area contributed by atoms with Gasteiger partial charge in [0.05, 0.1) is 33.5 Å². The molecule has 0 saturated carbocycles. The summed E-state index contributed by atoms with van der Waals surface area (Å²) in [6.07, 6.45) is 6.63. The van der Waals surface area contributed by atoms with Crippen LogP contribution in [0.15, 0.2) is 42.6 Å². The van der Waals surface area contributed by atoms with E-state index in [4.69, 9.17) is 24.2 Å². The van der Waals surface area contributed by atoms with Gasteiger partial charge in [0, 0.05) is 36.7 Å². The quantitative estimate of drug-likeness (QED) is 0.137. The average Bonchev–Trinajstić information content (AvgIpc) is 3.34. The highest BCUT2D eigenvalue weighted by Gasteiger charge is 2.18. The van der Waals surface area contributed by atoms with Crippen molar-refractivity contribution in [3.05, 3.63) is 42.6 Å². The second-order valence-electron chi connectivity index (χ2n) is 8.82. The number of hydrogen-bond donors (Lipinski definition) is 3. The molecule has 0 bridgehead atoms. The second kappa shape index (κ2) is 14.7. The van der Waals surface area contributed by atoms with Crippen LogP contribution in [-0.4, -0.2) is 49.5 Å². The lowest BCUT2D eigenvalue weighted by atomic mass is 10.1. The number of rotatable bonds is 16. The Kier molecular flexibility index (Phi) is 11.1. The fourth-order valence-electron chi connectivity index (χ4n) is 4.28. The molecule has 3 rings (SSSR count). The number of fused-ring (bicyclic) bond motifs is 1. The largest absolute Gasteiger partial charge is 0.494 e. The van der Waals surface area contributed by atoms with Gasteiger partial charge in [-0.2, -0.15) is 0 Å². The zero-order chi connectivity index (χ0) is 27.3. The third-order valence-electron chi connectivity index (χ3n) is 6.19. The lowest BCUT2D eigenvalue weighted by Gasteiger charge is -2.15. The molecule has 206 valence electrons. The highest BCUT2D eigenvalue weighted by Crippen LogP contribution is 2.43. The van der Waals surface area contributed by atoms with E-state index in [1.54, 1.807) is 26.8 Å². The summed E-state index contributed by atoms with van der Waals surface area (Å²) < 4.78 is 24.6. The molecule has 1 heterocycles. The molecule has 0 saturated heterocycles. The zero-order valence-corrected chi connectivity index (χ0v) is 22.2. The molecule has 0 unspecified atom stereocenters. The van der Waals surface area contributed by atoms with Gasteiger partial charge in [0.1, 0.15) is 5.75 Å². The van der Waals surface area contributed by atoms with E-state index in [0.29, 0.717) is 43.1 Å². The van der Waals surface area contributed by atoms with Gasteiger partial charge in [-0.15, -0.1) is 0 Å². The summed E-state index contributed by atoms with van der Waals surface area (Å²) in [5, 5.41) is 12.4. The number of nitrogens with one attached hydrogen (secondary N) is 2. The Bertz CT molecular complexity index is 1190. The predicted octanol–water partition coefficient (Wildman–Crippen LogP) is 4.92. The molecule has 0 aliphatic carbocycles. The number of hydroxylamine groups is 1. The lowest BCUT2D eigenvalue weighted by molar-refractivity contribution is -0.129. The summed E-state index contributed by atoms with van der Waals surface area (Å²) >= 11 is 0. The van der Waals surface area contributed by atoms with E-state index in [1.165, 1.54) is 0 Å². The van der Waals surface area contributed by atoms with Crippen molar-refractivity contribution in [2.45, 2.75) is 51.5 Å². The number of aryl methyl sites for hydroxylation is 1. The van der Waals surface area contributed by atoms with E-state index in [0.717, 1.165) is 54.6 Å². The van der Waals surface area contributed by atoms with Gasteiger partial charge >= 0.3 is 0 Å². The van der Waals surface area contributed by atoms with Gasteiger partial charge in [0.15, 0.2) is 11.5 Å². The summed E-state index contributed by atoms with van der Waals surface area (Å²) in [6.45, 7) is 1.26. The van der Waals surface area contributed by atoms with E-state index < -0.39 is 0 Å². The second-order valence-corrected chi connectivity index (χ2v) is 8.82. The van der Waals surface area contributed by atoms with Gasteiger partial charge in [-0.05, 0) is 55.7 Å². The van der Waals surface area contributed by atoms with Crippen molar-refractivity contribution in [3.63, 3.8) is 0 Å². The molecule has 38 heavy (non-hydrogen) atoms. The Balaban J connectivity index is 1.41. The van der Waals surface area contributed by atoms with Gasteiger partial charge in [0.25, 0.3) is 0 Å². The molecular formula is C28H37N3O7. The molecule has 0 fully saturated rings. The van der Waals surface area contributed by atoms with Crippen molar-refractivity contribution in [3.8, 4) is 23.0 Å². The first-order chi connectivity index (χ1) is 18.5. The number of aromatic nitrogens is 1. The normalized spacial score (nSPS) is 10.7. The van der Waals surface area contributed by atoms with Crippen molar-refractivity contribution >= 4 is 28.4 Å². The molecule has 0 atom stereocenters. The Hall–Kier alpha value is -3.92. The monoisotopic (exact) mass is 527 g/mol. The molecule has 3 N–H and O–H groups in total. The van der Waals surface area contributed by atoms with E-state index in [1.807, 2.05) is 42.6 Å². The Labute approximate surface area is 222 Å². The van der Waals surface area contributed by atoms with Crippen LogP contribution in [0.4, 0.5) is 5.69 Å². The molecule has 1 aromatic heterocycles. The number of anilines is 1. The van der Waals surface area contributed by atoms with Crippen LogP contribution in [0, 0.1) is 0 Å². The van der Waals surface area contributed by atoms with Crippen LogP contribution in [-0.2, 0) is 16.1 Å². The number of benzene rings is 2. The first-order valence-electron chi connectivity index (χ1n) is 12.7. The van der Waals surface area contributed by atoms with Gasteiger partial charge in [-0.3, -0.25) is 14.8 Å². The topological polar surface area (TPSA) is 120 Å². The van der Waals surface area contributed by atoms with E-state index in [2.05, 4.69) is 9.88 Å². The Morgan fingerprint density at radius 1 is 0.842 bits per heavy atom. The molecule has 0 aliphatic rings. The molecule has 0 radical (unpaired) electrons. The lowest BCUT2D eigenvalue weighted by Crippen LogP contribution is -2.17. The molecule has 3 aromatic rings. The molecule has 0 spiro atoms. The number of nitrogens with zero attached hydrogens (tertiary/aromatic N) is 1. The maximum absolute atomic E-state index is 12.2. The summed E-state index contributed by atoms with van der Waals surface area (Å²) in [4.78, 5) is 23.1. The fourth-order valence-corrected chi connectivity index (χ4v) is 4.28. The van der Waals surface area contributed by atoms with E-state index >= 15 is 0 Å². The van der Waals surface area contributed by atoms with Crippen molar-refractivity contribution in [1.82, 2.24) is 10.0 Å². The van der Waals surface area contributed by atoms with Gasteiger partial charge in [0.2, 0.25) is 17.6 Å². The van der Waals surface area contributed by atoms with Crippen LogP contribution in [0.2, 0.25) is 0 Å². The number of carbonyl (C=O) groups excluding carboxylic acids is 2. The number of methoxy groups -OCH3 is 3. The Morgan fingerprint density at radius 2 is 1.53 bits per heavy atom. The first kappa shape index (κ1) is 28.6. The SMILES string of the molecule is COc1cc2ccn(CCCOc3ccc(NC(=O)CCCCCCC(=O)NO)cc3)c2c(OC)c1OC. The van der Waals surface area contributed by atoms with Crippen LogP contribution < -0.4 is 29.7 Å².